The summed E-state index contributed by atoms with van der Waals surface area (Å²) in [5.41, 5.74) is 1.61. The van der Waals surface area contributed by atoms with Crippen LogP contribution in [-0.2, 0) is 17.8 Å². The van der Waals surface area contributed by atoms with Crippen molar-refractivity contribution >= 4 is 16.5 Å². The molecule has 3 aromatic rings. The van der Waals surface area contributed by atoms with Crippen molar-refractivity contribution in [2.45, 2.75) is 32.0 Å². The number of aromatic nitrogens is 2. The van der Waals surface area contributed by atoms with Crippen LogP contribution in [0.4, 0.5) is 13.9 Å². The van der Waals surface area contributed by atoms with Crippen LogP contribution in [0.1, 0.15) is 29.0 Å². The number of anilines is 1. The highest BCUT2D eigenvalue weighted by Gasteiger charge is 2.22. The second-order valence-electron chi connectivity index (χ2n) is 6.87. The lowest BCUT2D eigenvalue weighted by Gasteiger charge is -2.31. The molecular formula is C21H21F2N3OS. The van der Waals surface area contributed by atoms with Gasteiger partial charge in [0, 0.05) is 19.5 Å². The van der Waals surface area contributed by atoms with Crippen molar-refractivity contribution in [3.05, 3.63) is 76.3 Å². The Morgan fingerprint density at radius 3 is 2.50 bits per heavy atom. The number of nitrogens with zero attached hydrogens (tertiary/aromatic N) is 3. The average Bonchev–Trinajstić information content (AvgIpc) is 3.18. The first-order valence-electron chi connectivity index (χ1n) is 9.34. The van der Waals surface area contributed by atoms with Crippen LogP contribution in [0, 0.1) is 11.6 Å². The van der Waals surface area contributed by atoms with Crippen LogP contribution in [0.2, 0.25) is 0 Å². The SMILES string of the molecule is Fc1ccc(COC2CCN(c3nnc(Cc4ccccc4F)s3)CC2)cc1. The lowest BCUT2D eigenvalue weighted by atomic mass is 10.1. The Kier molecular flexibility index (Phi) is 5.92. The van der Waals surface area contributed by atoms with Crippen molar-refractivity contribution in [2.75, 3.05) is 18.0 Å². The summed E-state index contributed by atoms with van der Waals surface area (Å²) in [5, 5.41) is 10.2. The van der Waals surface area contributed by atoms with E-state index in [4.69, 9.17) is 4.74 Å². The lowest BCUT2D eigenvalue weighted by Crippen LogP contribution is -2.36. The van der Waals surface area contributed by atoms with Gasteiger partial charge in [0.1, 0.15) is 16.6 Å². The quantitative estimate of drug-likeness (QED) is 0.605. The zero-order valence-electron chi connectivity index (χ0n) is 15.4. The Labute approximate surface area is 166 Å². The predicted molar refractivity (Wildman–Crippen MR) is 106 cm³/mol. The van der Waals surface area contributed by atoms with Gasteiger partial charge in [0.2, 0.25) is 5.13 Å². The van der Waals surface area contributed by atoms with Crippen LogP contribution in [0.5, 0.6) is 0 Å². The molecule has 0 bridgehead atoms. The molecular weight excluding hydrogens is 380 g/mol. The third-order valence-corrected chi connectivity index (χ3v) is 5.85. The van der Waals surface area contributed by atoms with Gasteiger partial charge in [-0.05, 0) is 42.2 Å². The Morgan fingerprint density at radius 1 is 1.00 bits per heavy atom. The minimum absolute atomic E-state index is 0.187. The molecule has 7 heteroatoms. The molecule has 4 nitrogen and oxygen atoms in total. The monoisotopic (exact) mass is 401 g/mol. The van der Waals surface area contributed by atoms with Crippen LogP contribution in [-0.4, -0.2) is 29.4 Å². The molecule has 28 heavy (non-hydrogen) atoms. The number of halogens is 2. The Hall–Kier alpha value is -2.38. The molecule has 1 aliphatic rings. The van der Waals surface area contributed by atoms with E-state index >= 15 is 0 Å². The largest absolute Gasteiger partial charge is 0.373 e. The minimum atomic E-state index is -0.233. The van der Waals surface area contributed by atoms with Gasteiger partial charge in [-0.2, -0.15) is 0 Å². The van der Waals surface area contributed by atoms with Crippen LogP contribution >= 0.6 is 11.3 Å². The van der Waals surface area contributed by atoms with Crippen molar-refractivity contribution in [2.24, 2.45) is 0 Å². The Morgan fingerprint density at radius 2 is 1.75 bits per heavy atom. The summed E-state index contributed by atoms with van der Waals surface area (Å²) >= 11 is 1.52. The van der Waals surface area contributed by atoms with Gasteiger partial charge in [0.05, 0.1) is 12.7 Å². The second kappa shape index (κ2) is 8.75. The smallest absolute Gasteiger partial charge is 0.208 e. The van der Waals surface area contributed by atoms with Crippen molar-refractivity contribution < 1.29 is 13.5 Å². The van der Waals surface area contributed by atoms with Crippen LogP contribution in [0.15, 0.2) is 48.5 Å². The van der Waals surface area contributed by atoms with Gasteiger partial charge < -0.3 is 9.64 Å². The third-order valence-electron chi connectivity index (χ3n) is 4.87. The van der Waals surface area contributed by atoms with E-state index < -0.39 is 0 Å². The number of rotatable bonds is 6. The van der Waals surface area contributed by atoms with Crippen molar-refractivity contribution in [3.8, 4) is 0 Å². The summed E-state index contributed by atoms with van der Waals surface area (Å²) in [6, 6.07) is 13.2. The van der Waals surface area contributed by atoms with Crippen molar-refractivity contribution in [1.29, 1.82) is 0 Å². The van der Waals surface area contributed by atoms with Crippen LogP contribution < -0.4 is 4.90 Å². The molecule has 0 aliphatic carbocycles. The van der Waals surface area contributed by atoms with E-state index in [-0.39, 0.29) is 17.7 Å². The molecule has 2 aromatic carbocycles. The third kappa shape index (κ3) is 4.72. The van der Waals surface area contributed by atoms with E-state index in [1.165, 1.54) is 29.5 Å². The van der Waals surface area contributed by atoms with Gasteiger partial charge in [0.25, 0.3) is 0 Å². The molecule has 0 radical (unpaired) electrons. The lowest BCUT2D eigenvalue weighted by molar-refractivity contribution is 0.0251. The molecule has 1 aliphatic heterocycles. The number of benzene rings is 2. The minimum Gasteiger partial charge on any atom is -0.373 e. The van der Waals surface area contributed by atoms with Crippen molar-refractivity contribution in [1.82, 2.24) is 10.2 Å². The molecule has 1 aromatic heterocycles. The number of hydrogen-bond donors (Lipinski definition) is 0. The second-order valence-corrected chi connectivity index (χ2v) is 7.91. The van der Waals surface area contributed by atoms with E-state index in [1.54, 1.807) is 24.3 Å². The average molecular weight is 401 g/mol. The number of hydrogen-bond acceptors (Lipinski definition) is 5. The Balaban J connectivity index is 1.27. The van der Waals surface area contributed by atoms with E-state index in [0.29, 0.717) is 18.6 Å². The highest BCUT2D eigenvalue weighted by atomic mass is 32.1. The van der Waals surface area contributed by atoms with Crippen LogP contribution in [0.25, 0.3) is 0 Å². The standard InChI is InChI=1S/C21H21F2N3OS/c22-17-7-5-15(6-8-17)14-27-18-9-11-26(12-10-18)21-25-24-20(28-21)13-16-3-1-2-4-19(16)23/h1-8,18H,9-14H2. The fraction of sp³-hybridized carbons (Fsp3) is 0.333. The predicted octanol–water partition coefficient (Wildman–Crippen LogP) is 4.59. The maximum absolute atomic E-state index is 13.8. The molecule has 0 unspecified atom stereocenters. The summed E-state index contributed by atoms with van der Waals surface area (Å²) in [6.07, 6.45) is 2.46. The molecule has 4 rings (SSSR count). The zero-order chi connectivity index (χ0) is 19.3. The Bertz CT molecular complexity index is 908. The highest BCUT2D eigenvalue weighted by molar-refractivity contribution is 7.15. The fourth-order valence-corrected chi connectivity index (χ4v) is 4.17. The van der Waals surface area contributed by atoms with Crippen molar-refractivity contribution in [3.63, 3.8) is 0 Å². The van der Waals surface area contributed by atoms with Gasteiger partial charge in [0.15, 0.2) is 0 Å². The normalized spacial score (nSPS) is 15.1. The van der Waals surface area contributed by atoms with Gasteiger partial charge in [-0.3, -0.25) is 0 Å². The first kappa shape index (κ1) is 19.0. The van der Waals surface area contributed by atoms with E-state index in [0.717, 1.165) is 41.6 Å². The summed E-state index contributed by atoms with van der Waals surface area (Å²) in [7, 11) is 0. The summed E-state index contributed by atoms with van der Waals surface area (Å²) in [6.45, 7) is 2.20. The van der Waals surface area contributed by atoms with Gasteiger partial charge in [-0.25, -0.2) is 8.78 Å². The van der Waals surface area contributed by atoms with Gasteiger partial charge in [-0.15, -0.1) is 10.2 Å². The summed E-state index contributed by atoms with van der Waals surface area (Å²) in [4.78, 5) is 2.21. The molecule has 0 spiro atoms. The number of ether oxygens (including phenoxy) is 1. The molecule has 2 heterocycles. The topological polar surface area (TPSA) is 38.2 Å². The zero-order valence-corrected chi connectivity index (χ0v) is 16.2. The maximum Gasteiger partial charge on any atom is 0.208 e. The molecule has 1 fully saturated rings. The first-order chi connectivity index (χ1) is 13.7. The first-order valence-corrected chi connectivity index (χ1v) is 10.2. The van der Waals surface area contributed by atoms with Crippen LogP contribution in [0.3, 0.4) is 0 Å². The molecule has 0 amide bonds. The van der Waals surface area contributed by atoms with E-state index in [1.807, 2.05) is 6.07 Å². The van der Waals surface area contributed by atoms with Gasteiger partial charge >= 0.3 is 0 Å². The van der Waals surface area contributed by atoms with E-state index in [2.05, 4.69) is 15.1 Å². The molecule has 1 saturated heterocycles. The van der Waals surface area contributed by atoms with E-state index in [9.17, 15) is 8.78 Å². The molecule has 146 valence electrons. The highest BCUT2D eigenvalue weighted by Crippen LogP contribution is 2.27. The molecule has 0 atom stereocenters. The molecule has 0 N–H and O–H groups in total. The van der Waals surface area contributed by atoms with Gasteiger partial charge in [-0.1, -0.05) is 41.7 Å². The fourth-order valence-electron chi connectivity index (χ4n) is 3.26. The maximum atomic E-state index is 13.8. The summed E-state index contributed by atoms with van der Waals surface area (Å²) in [5.74, 6) is -0.443. The molecule has 0 saturated carbocycles. The number of piperidine rings is 1. The summed E-state index contributed by atoms with van der Waals surface area (Å²) < 4.78 is 32.7.